The number of unbranched alkanes of at least 4 members (excludes halogenated alkanes) is 7. The molecule has 0 saturated carbocycles. The molecule has 0 amide bonds. The lowest BCUT2D eigenvalue weighted by molar-refractivity contribution is 0.615. The van der Waals surface area contributed by atoms with Crippen molar-refractivity contribution < 1.29 is 0 Å². The van der Waals surface area contributed by atoms with Crippen LogP contribution in [0, 0.1) is 5.41 Å². The van der Waals surface area contributed by atoms with Crippen molar-refractivity contribution in [2.24, 2.45) is 33.0 Å². The number of aliphatic imine (C=N–C) groups is 2. The van der Waals surface area contributed by atoms with Gasteiger partial charge in [-0.05, 0) is 25.7 Å². The number of hydrazine groups is 1. The molecule has 0 aromatic heterocycles. The number of amidine groups is 1. The first kappa shape index (κ1) is 23.0. The Morgan fingerprint density at radius 1 is 0.760 bits per heavy atom. The quantitative estimate of drug-likeness (QED) is 0.0739. The van der Waals surface area contributed by atoms with Crippen molar-refractivity contribution in [1.82, 2.24) is 10.7 Å². The highest BCUT2D eigenvalue weighted by Crippen LogP contribution is 2.06. The van der Waals surface area contributed by atoms with Crippen LogP contribution in [0.2, 0.25) is 0 Å². The zero-order valence-corrected chi connectivity index (χ0v) is 15.4. The number of nitrogens with two attached hydrogens (primary N) is 4. The second-order valence-electron chi connectivity index (χ2n) is 6.06. The highest BCUT2D eigenvalue weighted by atomic mass is 15.3. The maximum atomic E-state index is 7.89. The van der Waals surface area contributed by atoms with Gasteiger partial charge in [-0.2, -0.15) is 0 Å². The molecule has 25 heavy (non-hydrogen) atoms. The number of nitrogens with zero attached hydrogens (tertiary/aromatic N) is 2. The fourth-order valence-electron chi connectivity index (χ4n) is 2.32. The maximum absolute atomic E-state index is 7.89. The maximum Gasteiger partial charge on any atom is 0.203 e. The molecule has 0 atom stereocenters. The van der Waals surface area contributed by atoms with Crippen LogP contribution in [0.15, 0.2) is 9.98 Å². The van der Waals surface area contributed by atoms with Crippen molar-refractivity contribution in [2.45, 2.75) is 64.2 Å². The Kier molecular flexibility index (Phi) is 15.4. The molecule has 0 heterocycles. The van der Waals surface area contributed by atoms with Gasteiger partial charge in [0.1, 0.15) is 0 Å². The minimum atomic E-state index is 0.168. The molecule has 0 aliphatic carbocycles. The van der Waals surface area contributed by atoms with E-state index < -0.39 is 0 Å². The third kappa shape index (κ3) is 18.2. The molecule has 9 heteroatoms. The summed E-state index contributed by atoms with van der Waals surface area (Å²) in [7, 11) is 0. The van der Waals surface area contributed by atoms with Gasteiger partial charge in [-0.3, -0.25) is 20.8 Å². The summed E-state index contributed by atoms with van der Waals surface area (Å²) in [6, 6.07) is 0. The summed E-state index contributed by atoms with van der Waals surface area (Å²) in [5, 5.41) is 11.1. The molecule has 0 aromatic carbocycles. The number of nitrogens with one attached hydrogen (secondary N) is 3. The van der Waals surface area contributed by atoms with Crippen molar-refractivity contribution in [2.75, 3.05) is 19.6 Å². The molecular formula is C16H37N9. The molecule has 11 N–H and O–H groups in total. The fourth-order valence-corrected chi connectivity index (χ4v) is 2.32. The number of guanidine groups is 2. The molecule has 0 saturated heterocycles. The lowest BCUT2D eigenvalue weighted by atomic mass is 10.1. The zero-order valence-electron chi connectivity index (χ0n) is 15.4. The smallest absolute Gasteiger partial charge is 0.203 e. The van der Waals surface area contributed by atoms with Crippen LogP contribution >= 0.6 is 0 Å². The Morgan fingerprint density at radius 3 is 1.96 bits per heavy atom. The van der Waals surface area contributed by atoms with E-state index in [0.717, 1.165) is 64.3 Å². The first-order chi connectivity index (χ1) is 12.1. The number of hydrogen-bond donors (Lipinski definition) is 7. The lowest BCUT2D eigenvalue weighted by Gasteiger charge is -2.08. The SMILES string of the molecule is N=C(CCCCCCCN=C(N)N)NCCCCCCN=C(N)NN. The molecule has 0 aromatic rings. The van der Waals surface area contributed by atoms with Gasteiger partial charge in [-0.15, -0.1) is 0 Å². The Bertz CT molecular complexity index is 389. The minimum Gasteiger partial charge on any atom is -0.374 e. The topological polar surface area (TPSA) is 177 Å². The van der Waals surface area contributed by atoms with Crippen LogP contribution in [0.4, 0.5) is 0 Å². The van der Waals surface area contributed by atoms with Crippen molar-refractivity contribution in [1.29, 1.82) is 5.41 Å². The third-order valence-electron chi connectivity index (χ3n) is 3.73. The minimum absolute atomic E-state index is 0.168. The molecule has 0 aliphatic rings. The van der Waals surface area contributed by atoms with E-state index >= 15 is 0 Å². The molecule has 0 fully saturated rings. The van der Waals surface area contributed by atoms with E-state index in [4.69, 9.17) is 28.5 Å². The second-order valence-corrected chi connectivity index (χ2v) is 6.06. The van der Waals surface area contributed by atoms with Crippen LogP contribution in [0.3, 0.4) is 0 Å². The van der Waals surface area contributed by atoms with Crippen LogP contribution in [0.5, 0.6) is 0 Å². The van der Waals surface area contributed by atoms with Crippen LogP contribution in [0.25, 0.3) is 0 Å². The second kappa shape index (κ2) is 16.8. The summed E-state index contributed by atoms with van der Waals surface area (Å²) in [4.78, 5) is 8.01. The molecule has 0 rings (SSSR count). The van der Waals surface area contributed by atoms with Gasteiger partial charge in [0.15, 0.2) is 5.96 Å². The summed E-state index contributed by atoms with van der Waals surface area (Å²) < 4.78 is 0. The van der Waals surface area contributed by atoms with Crippen LogP contribution < -0.4 is 33.8 Å². The Hall–Kier alpha value is -2.03. The highest BCUT2D eigenvalue weighted by molar-refractivity contribution is 5.78. The van der Waals surface area contributed by atoms with Crippen LogP contribution in [-0.4, -0.2) is 37.4 Å². The molecule has 0 spiro atoms. The third-order valence-corrected chi connectivity index (χ3v) is 3.73. The van der Waals surface area contributed by atoms with Crippen molar-refractivity contribution in [3.63, 3.8) is 0 Å². The van der Waals surface area contributed by atoms with E-state index in [1.165, 1.54) is 6.42 Å². The Balaban J connectivity index is 3.30. The van der Waals surface area contributed by atoms with E-state index in [-0.39, 0.29) is 11.9 Å². The van der Waals surface area contributed by atoms with Gasteiger partial charge in [0.05, 0.1) is 5.84 Å². The molecule has 0 radical (unpaired) electrons. The average Bonchev–Trinajstić information content (AvgIpc) is 2.58. The lowest BCUT2D eigenvalue weighted by Crippen LogP contribution is -2.37. The molecule has 0 bridgehead atoms. The summed E-state index contributed by atoms with van der Waals surface area (Å²) in [6.07, 6.45) is 10.7. The normalized spacial score (nSPS) is 11.2. The van der Waals surface area contributed by atoms with Gasteiger partial charge in [0, 0.05) is 26.1 Å². The van der Waals surface area contributed by atoms with Crippen molar-refractivity contribution in [3.05, 3.63) is 0 Å². The molecule has 0 aliphatic heterocycles. The molecule has 0 unspecified atom stereocenters. The monoisotopic (exact) mass is 355 g/mol. The van der Waals surface area contributed by atoms with Gasteiger partial charge in [0.2, 0.25) is 5.96 Å². The predicted molar refractivity (Wildman–Crippen MR) is 106 cm³/mol. The van der Waals surface area contributed by atoms with E-state index in [2.05, 4.69) is 20.7 Å². The largest absolute Gasteiger partial charge is 0.374 e. The van der Waals surface area contributed by atoms with Crippen molar-refractivity contribution >= 4 is 17.8 Å². The molecule has 9 nitrogen and oxygen atoms in total. The van der Waals surface area contributed by atoms with Gasteiger partial charge in [-0.25, -0.2) is 5.84 Å². The molecule has 146 valence electrons. The predicted octanol–water partition coefficient (Wildman–Crippen LogP) is 0.506. The van der Waals surface area contributed by atoms with E-state index in [1.54, 1.807) is 0 Å². The summed E-state index contributed by atoms with van der Waals surface area (Å²) in [5.74, 6) is 6.21. The van der Waals surface area contributed by atoms with Crippen molar-refractivity contribution in [3.8, 4) is 0 Å². The van der Waals surface area contributed by atoms with Gasteiger partial charge in [0.25, 0.3) is 0 Å². The van der Waals surface area contributed by atoms with Gasteiger partial charge < -0.3 is 22.5 Å². The van der Waals surface area contributed by atoms with Crippen LogP contribution in [-0.2, 0) is 0 Å². The summed E-state index contributed by atoms with van der Waals surface area (Å²) in [6.45, 7) is 2.28. The Morgan fingerprint density at radius 2 is 1.32 bits per heavy atom. The zero-order chi connectivity index (χ0) is 18.8. The summed E-state index contributed by atoms with van der Waals surface area (Å²) in [5.41, 5.74) is 18.3. The average molecular weight is 356 g/mol. The number of rotatable bonds is 15. The van der Waals surface area contributed by atoms with Gasteiger partial charge in [-0.1, -0.05) is 32.1 Å². The van der Waals surface area contributed by atoms with Gasteiger partial charge >= 0.3 is 0 Å². The highest BCUT2D eigenvalue weighted by Gasteiger charge is 1.97. The van der Waals surface area contributed by atoms with E-state index in [0.29, 0.717) is 18.9 Å². The summed E-state index contributed by atoms with van der Waals surface area (Å²) >= 11 is 0. The first-order valence-electron chi connectivity index (χ1n) is 9.19. The fraction of sp³-hybridized carbons (Fsp3) is 0.812. The first-order valence-corrected chi connectivity index (χ1v) is 9.19. The Labute approximate surface area is 151 Å². The van der Waals surface area contributed by atoms with E-state index in [9.17, 15) is 0 Å². The number of hydrogen-bond acceptors (Lipinski definition) is 4. The van der Waals surface area contributed by atoms with Crippen LogP contribution in [0.1, 0.15) is 64.2 Å². The van der Waals surface area contributed by atoms with E-state index in [1.807, 2.05) is 0 Å². The molecular weight excluding hydrogens is 318 g/mol. The standard InChI is InChI=1S/C16H37N9/c17-14(10-6-2-1-3-8-12-23-15(18)19)22-11-7-4-5-9-13-24-16(20)25-21/h1-13,21H2,(H2,17,22)(H4,18,19,23)(H3,20,24,25).